The van der Waals surface area contributed by atoms with Crippen LogP contribution in [0.1, 0.15) is 15.9 Å². The summed E-state index contributed by atoms with van der Waals surface area (Å²) in [5.41, 5.74) is 2.14. The normalized spacial score (nSPS) is 10.5. The van der Waals surface area contributed by atoms with E-state index in [1.54, 1.807) is 24.3 Å². The Balaban J connectivity index is 2.22. The molecule has 0 saturated heterocycles. The van der Waals surface area contributed by atoms with Gasteiger partial charge in [0.05, 0.1) is 33.4 Å². The Morgan fingerprint density at radius 2 is 2.10 bits per heavy atom. The van der Waals surface area contributed by atoms with Gasteiger partial charge in [0.1, 0.15) is 5.52 Å². The third-order valence-electron chi connectivity index (χ3n) is 3.00. The number of carboxylic acids is 1. The largest absolute Gasteiger partial charge is 0.478 e. The van der Waals surface area contributed by atoms with E-state index in [2.05, 4.69) is 10.3 Å². The van der Waals surface area contributed by atoms with Crippen molar-refractivity contribution in [1.29, 1.82) is 5.26 Å². The maximum Gasteiger partial charge on any atom is 0.335 e. The molecule has 0 aliphatic carbocycles. The Morgan fingerprint density at radius 1 is 1.29 bits per heavy atom. The Hall–Kier alpha value is -2.91. The van der Waals surface area contributed by atoms with E-state index in [0.717, 1.165) is 0 Å². The molecule has 0 unspecified atom stereocenters. The minimum atomic E-state index is -1.03. The summed E-state index contributed by atoms with van der Waals surface area (Å²) >= 11 is 6.13. The molecule has 0 bridgehead atoms. The molecule has 0 amide bonds. The maximum absolute atomic E-state index is 10.9. The average Bonchev–Trinajstić information content (AvgIpc) is 2.90. The lowest BCUT2D eigenvalue weighted by Crippen LogP contribution is -1.99. The third-order valence-corrected chi connectivity index (χ3v) is 3.32. The van der Waals surface area contributed by atoms with Gasteiger partial charge in [-0.2, -0.15) is 5.26 Å². The van der Waals surface area contributed by atoms with E-state index in [1.165, 1.54) is 16.8 Å². The molecule has 102 valence electrons. The first-order chi connectivity index (χ1) is 10.1. The molecule has 0 saturated carbocycles. The van der Waals surface area contributed by atoms with Gasteiger partial charge in [-0.05, 0) is 36.4 Å². The molecule has 0 spiro atoms. The summed E-state index contributed by atoms with van der Waals surface area (Å²) in [4.78, 5) is 10.9. The highest BCUT2D eigenvalue weighted by Crippen LogP contribution is 2.24. The maximum atomic E-state index is 10.9. The monoisotopic (exact) mass is 298 g/mol. The fourth-order valence-corrected chi connectivity index (χ4v) is 2.18. The first-order valence-corrected chi connectivity index (χ1v) is 6.27. The van der Waals surface area contributed by atoms with E-state index >= 15 is 0 Å². The number of rotatable bonds is 2. The predicted molar refractivity (Wildman–Crippen MR) is 75.5 cm³/mol. The van der Waals surface area contributed by atoms with Crippen LogP contribution in [-0.2, 0) is 0 Å². The smallest absolute Gasteiger partial charge is 0.335 e. The van der Waals surface area contributed by atoms with Crippen molar-refractivity contribution in [1.82, 2.24) is 15.0 Å². The minimum absolute atomic E-state index is 0.131. The van der Waals surface area contributed by atoms with Crippen molar-refractivity contribution in [2.75, 3.05) is 0 Å². The lowest BCUT2D eigenvalue weighted by Gasteiger charge is -2.05. The standard InChI is InChI=1S/C14H7ClN4O2/c15-10-3-1-8(7-16)5-13(10)19-12-4-2-9(14(20)21)6-11(12)17-18-19/h1-6H,(H,20,21). The molecular formula is C14H7ClN4O2. The highest BCUT2D eigenvalue weighted by atomic mass is 35.5. The topological polar surface area (TPSA) is 91.8 Å². The number of nitrogens with zero attached hydrogens (tertiary/aromatic N) is 4. The molecule has 0 radical (unpaired) electrons. The Bertz CT molecular complexity index is 911. The molecule has 2 aromatic carbocycles. The number of hydrogen-bond acceptors (Lipinski definition) is 4. The van der Waals surface area contributed by atoms with Crippen LogP contribution in [0.5, 0.6) is 0 Å². The van der Waals surface area contributed by atoms with E-state index in [9.17, 15) is 4.79 Å². The highest BCUT2D eigenvalue weighted by Gasteiger charge is 2.12. The van der Waals surface area contributed by atoms with Gasteiger partial charge in [-0.1, -0.05) is 16.8 Å². The van der Waals surface area contributed by atoms with E-state index in [4.69, 9.17) is 22.0 Å². The fourth-order valence-electron chi connectivity index (χ4n) is 1.98. The Morgan fingerprint density at radius 3 is 2.81 bits per heavy atom. The van der Waals surface area contributed by atoms with Gasteiger partial charge in [-0.25, -0.2) is 9.48 Å². The van der Waals surface area contributed by atoms with Crippen LogP contribution in [0.25, 0.3) is 16.7 Å². The van der Waals surface area contributed by atoms with Gasteiger partial charge in [0.15, 0.2) is 0 Å². The summed E-state index contributed by atoms with van der Waals surface area (Å²) < 4.78 is 1.48. The van der Waals surface area contributed by atoms with Crippen LogP contribution in [0.15, 0.2) is 36.4 Å². The predicted octanol–water partition coefficient (Wildman–Crippen LogP) is 2.64. The first-order valence-electron chi connectivity index (χ1n) is 5.89. The number of hydrogen-bond donors (Lipinski definition) is 1. The van der Waals surface area contributed by atoms with Crippen LogP contribution in [0.4, 0.5) is 0 Å². The molecule has 0 atom stereocenters. The second-order valence-electron chi connectivity index (χ2n) is 4.29. The summed E-state index contributed by atoms with van der Waals surface area (Å²) in [6, 6.07) is 11.3. The van der Waals surface area contributed by atoms with Gasteiger partial charge in [-0.3, -0.25) is 0 Å². The van der Waals surface area contributed by atoms with Gasteiger partial charge < -0.3 is 5.11 Å². The average molecular weight is 299 g/mol. The van der Waals surface area contributed by atoms with Crippen molar-refractivity contribution in [2.45, 2.75) is 0 Å². The summed E-state index contributed by atoms with van der Waals surface area (Å²) in [6.07, 6.45) is 0. The van der Waals surface area contributed by atoms with Crippen molar-refractivity contribution in [3.8, 4) is 11.8 Å². The Labute approximate surface area is 123 Å². The van der Waals surface area contributed by atoms with Crippen LogP contribution in [0, 0.1) is 11.3 Å². The van der Waals surface area contributed by atoms with Crippen molar-refractivity contribution in [2.24, 2.45) is 0 Å². The molecule has 21 heavy (non-hydrogen) atoms. The van der Waals surface area contributed by atoms with Crippen LogP contribution >= 0.6 is 11.6 Å². The second kappa shape index (κ2) is 4.89. The van der Waals surface area contributed by atoms with Crippen LogP contribution < -0.4 is 0 Å². The number of carboxylic acid groups (broad SMARTS) is 1. The van der Waals surface area contributed by atoms with E-state index in [0.29, 0.717) is 27.3 Å². The molecule has 0 fully saturated rings. The fraction of sp³-hybridized carbons (Fsp3) is 0. The summed E-state index contributed by atoms with van der Waals surface area (Å²) in [6.45, 7) is 0. The lowest BCUT2D eigenvalue weighted by atomic mass is 10.2. The van der Waals surface area contributed by atoms with E-state index < -0.39 is 5.97 Å². The molecular weight excluding hydrogens is 292 g/mol. The number of carbonyl (C=O) groups is 1. The zero-order chi connectivity index (χ0) is 15.0. The van der Waals surface area contributed by atoms with Gasteiger partial charge in [-0.15, -0.1) is 5.10 Å². The number of fused-ring (bicyclic) bond motifs is 1. The first kappa shape index (κ1) is 13.1. The minimum Gasteiger partial charge on any atom is -0.478 e. The second-order valence-corrected chi connectivity index (χ2v) is 4.70. The SMILES string of the molecule is N#Cc1ccc(Cl)c(-n2nnc3cc(C(=O)O)ccc32)c1. The number of halogens is 1. The van der Waals surface area contributed by atoms with Crippen molar-refractivity contribution in [3.63, 3.8) is 0 Å². The molecule has 3 aromatic rings. The van der Waals surface area contributed by atoms with Gasteiger partial charge in [0, 0.05) is 0 Å². The highest BCUT2D eigenvalue weighted by molar-refractivity contribution is 6.32. The molecule has 7 heteroatoms. The van der Waals surface area contributed by atoms with E-state index in [-0.39, 0.29) is 5.56 Å². The van der Waals surface area contributed by atoms with Crippen molar-refractivity contribution in [3.05, 3.63) is 52.5 Å². The number of aromatic carboxylic acids is 1. The number of nitriles is 1. The summed E-state index contributed by atoms with van der Waals surface area (Å²) in [5, 5.41) is 26.3. The van der Waals surface area contributed by atoms with E-state index in [1.807, 2.05) is 6.07 Å². The van der Waals surface area contributed by atoms with Gasteiger partial charge >= 0.3 is 5.97 Å². The lowest BCUT2D eigenvalue weighted by molar-refractivity contribution is 0.0697. The van der Waals surface area contributed by atoms with Crippen LogP contribution in [0.3, 0.4) is 0 Å². The molecule has 0 aliphatic rings. The quantitative estimate of drug-likeness (QED) is 0.785. The zero-order valence-electron chi connectivity index (χ0n) is 10.5. The van der Waals surface area contributed by atoms with Gasteiger partial charge in [0.25, 0.3) is 0 Å². The summed E-state index contributed by atoms with van der Waals surface area (Å²) in [7, 11) is 0. The Kier molecular flexibility index (Phi) is 3.05. The third kappa shape index (κ3) is 2.20. The number of aromatic nitrogens is 3. The van der Waals surface area contributed by atoms with Crippen molar-refractivity contribution < 1.29 is 9.90 Å². The van der Waals surface area contributed by atoms with Gasteiger partial charge in [0.2, 0.25) is 0 Å². The molecule has 1 N–H and O–H groups in total. The summed E-state index contributed by atoms with van der Waals surface area (Å²) in [5.74, 6) is -1.03. The molecule has 6 nitrogen and oxygen atoms in total. The van der Waals surface area contributed by atoms with Crippen molar-refractivity contribution >= 4 is 28.6 Å². The van der Waals surface area contributed by atoms with Crippen LogP contribution in [-0.4, -0.2) is 26.1 Å². The number of benzene rings is 2. The molecule has 0 aliphatic heterocycles. The molecule has 1 heterocycles. The molecule has 1 aromatic heterocycles. The molecule has 3 rings (SSSR count). The zero-order valence-corrected chi connectivity index (χ0v) is 11.2. The van der Waals surface area contributed by atoms with Crippen LogP contribution in [0.2, 0.25) is 5.02 Å².